The van der Waals surface area contributed by atoms with E-state index in [9.17, 15) is 18.0 Å². The van der Waals surface area contributed by atoms with Gasteiger partial charge in [-0.15, -0.1) is 0 Å². The molecular formula is C13H24N2O5S. The Morgan fingerprint density at radius 3 is 2.38 bits per heavy atom. The Morgan fingerprint density at radius 2 is 1.90 bits per heavy atom. The number of carbonyl (C=O) groups is 2. The molecule has 0 aromatic heterocycles. The summed E-state index contributed by atoms with van der Waals surface area (Å²) >= 11 is 0. The van der Waals surface area contributed by atoms with Gasteiger partial charge in [0.2, 0.25) is 5.91 Å². The van der Waals surface area contributed by atoms with Crippen molar-refractivity contribution in [3.05, 3.63) is 0 Å². The molecule has 1 amide bonds. The summed E-state index contributed by atoms with van der Waals surface area (Å²) in [7, 11) is -3.23. The second-order valence-corrected chi connectivity index (χ2v) is 7.52. The third kappa shape index (κ3) is 4.67. The first-order valence-corrected chi connectivity index (χ1v) is 9.00. The summed E-state index contributed by atoms with van der Waals surface area (Å²) in [4.78, 5) is 26.7. The van der Waals surface area contributed by atoms with Crippen LogP contribution in [-0.2, 0) is 19.4 Å². The lowest BCUT2D eigenvalue weighted by Gasteiger charge is -2.39. The lowest BCUT2D eigenvalue weighted by molar-refractivity contribution is -0.141. The third-order valence-corrected chi connectivity index (χ3v) is 5.61. The van der Waals surface area contributed by atoms with E-state index in [1.165, 1.54) is 0 Å². The Morgan fingerprint density at radius 1 is 1.33 bits per heavy atom. The number of carboxylic acids is 1. The molecule has 7 nitrogen and oxygen atoms in total. The second kappa shape index (κ2) is 7.22. The van der Waals surface area contributed by atoms with Crippen LogP contribution < -0.4 is 0 Å². The number of nitrogens with zero attached hydrogens (tertiary/aromatic N) is 2. The standard InChI is InChI=1S/C13H24N2O5S/c1-4-14(5-2)13(18)10(3)15-6-7-21(19,20)9-11(15)8-12(16)17/h10-11H,4-9H2,1-3H3,(H,16,17). The number of sulfone groups is 1. The molecule has 8 heteroatoms. The van der Waals surface area contributed by atoms with Crippen LogP contribution in [0.5, 0.6) is 0 Å². The van der Waals surface area contributed by atoms with Gasteiger partial charge in [0.15, 0.2) is 9.84 Å². The maximum absolute atomic E-state index is 12.4. The molecule has 1 saturated heterocycles. The fourth-order valence-corrected chi connectivity index (χ4v) is 4.28. The van der Waals surface area contributed by atoms with E-state index in [-0.39, 0.29) is 30.4 Å². The Balaban J connectivity index is 2.91. The van der Waals surface area contributed by atoms with Crippen molar-refractivity contribution in [1.82, 2.24) is 9.80 Å². The topological polar surface area (TPSA) is 95.0 Å². The third-order valence-electron chi connectivity index (χ3n) is 3.92. The smallest absolute Gasteiger partial charge is 0.304 e. The first-order chi connectivity index (χ1) is 9.71. The number of amides is 1. The van der Waals surface area contributed by atoms with Crippen molar-refractivity contribution >= 4 is 21.7 Å². The van der Waals surface area contributed by atoms with Gasteiger partial charge in [0.1, 0.15) is 0 Å². The summed E-state index contributed by atoms with van der Waals surface area (Å²) in [6, 6.07) is -1.15. The van der Waals surface area contributed by atoms with Crippen molar-refractivity contribution in [3.8, 4) is 0 Å². The van der Waals surface area contributed by atoms with Crippen LogP contribution in [0.1, 0.15) is 27.2 Å². The predicted octanol–water partition coefficient (Wildman–Crippen LogP) is -0.183. The first-order valence-electron chi connectivity index (χ1n) is 7.18. The zero-order valence-electron chi connectivity index (χ0n) is 12.8. The van der Waals surface area contributed by atoms with Crippen LogP contribution in [0, 0.1) is 0 Å². The highest BCUT2D eigenvalue weighted by atomic mass is 32.2. The summed E-state index contributed by atoms with van der Waals surface area (Å²) < 4.78 is 23.4. The summed E-state index contributed by atoms with van der Waals surface area (Å²) in [5, 5.41) is 8.96. The molecule has 1 N–H and O–H groups in total. The van der Waals surface area contributed by atoms with Gasteiger partial charge in [0, 0.05) is 25.7 Å². The molecule has 0 saturated carbocycles. The van der Waals surface area contributed by atoms with E-state index in [0.29, 0.717) is 13.1 Å². The highest BCUT2D eigenvalue weighted by molar-refractivity contribution is 7.91. The van der Waals surface area contributed by atoms with Crippen molar-refractivity contribution in [2.75, 3.05) is 31.1 Å². The van der Waals surface area contributed by atoms with Crippen molar-refractivity contribution in [1.29, 1.82) is 0 Å². The maximum atomic E-state index is 12.4. The van der Waals surface area contributed by atoms with Crippen molar-refractivity contribution in [2.45, 2.75) is 39.3 Å². The Kier molecular flexibility index (Phi) is 6.15. The fourth-order valence-electron chi connectivity index (χ4n) is 2.73. The molecule has 0 aliphatic carbocycles. The van der Waals surface area contributed by atoms with Gasteiger partial charge in [0.25, 0.3) is 0 Å². The molecule has 0 bridgehead atoms. The number of hydrogen-bond acceptors (Lipinski definition) is 5. The molecule has 1 rings (SSSR count). The van der Waals surface area contributed by atoms with E-state index in [4.69, 9.17) is 5.11 Å². The largest absolute Gasteiger partial charge is 0.481 e. The summed E-state index contributed by atoms with van der Waals surface area (Å²) in [5.41, 5.74) is 0. The average Bonchev–Trinajstić information content (AvgIpc) is 2.37. The minimum Gasteiger partial charge on any atom is -0.481 e. The quantitative estimate of drug-likeness (QED) is 0.729. The van der Waals surface area contributed by atoms with E-state index < -0.39 is 27.9 Å². The highest BCUT2D eigenvalue weighted by Gasteiger charge is 2.37. The van der Waals surface area contributed by atoms with Gasteiger partial charge >= 0.3 is 5.97 Å². The molecule has 2 unspecified atom stereocenters. The molecule has 122 valence electrons. The van der Waals surface area contributed by atoms with Crippen LogP contribution in [0.25, 0.3) is 0 Å². The first kappa shape index (κ1) is 17.9. The molecule has 0 radical (unpaired) electrons. The van der Waals surface area contributed by atoms with E-state index in [1.807, 2.05) is 13.8 Å². The summed E-state index contributed by atoms with van der Waals surface area (Å²) in [6.45, 7) is 6.83. The van der Waals surface area contributed by atoms with Crippen molar-refractivity contribution in [3.63, 3.8) is 0 Å². The van der Waals surface area contributed by atoms with E-state index in [0.717, 1.165) is 0 Å². The summed E-state index contributed by atoms with van der Waals surface area (Å²) in [5.74, 6) is -1.37. The van der Waals surface area contributed by atoms with Gasteiger partial charge in [0.05, 0.1) is 24.0 Å². The average molecular weight is 320 g/mol. The molecule has 21 heavy (non-hydrogen) atoms. The Labute approximate surface area is 125 Å². The van der Waals surface area contributed by atoms with E-state index in [2.05, 4.69) is 0 Å². The zero-order valence-corrected chi connectivity index (χ0v) is 13.6. The number of likely N-dealkylation sites (N-methyl/N-ethyl adjacent to an activating group) is 1. The van der Waals surface area contributed by atoms with Gasteiger partial charge in [-0.25, -0.2) is 8.42 Å². The van der Waals surface area contributed by atoms with Gasteiger partial charge < -0.3 is 10.0 Å². The monoisotopic (exact) mass is 320 g/mol. The molecule has 2 atom stereocenters. The van der Waals surface area contributed by atoms with Crippen LogP contribution in [0.3, 0.4) is 0 Å². The van der Waals surface area contributed by atoms with Crippen LogP contribution in [0.2, 0.25) is 0 Å². The Bertz CT molecular complexity index is 487. The highest BCUT2D eigenvalue weighted by Crippen LogP contribution is 2.19. The zero-order chi connectivity index (χ0) is 16.2. The second-order valence-electron chi connectivity index (χ2n) is 5.29. The minimum atomic E-state index is -3.23. The molecule has 1 heterocycles. The van der Waals surface area contributed by atoms with Gasteiger partial charge in [-0.1, -0.05) is 0 Å². The van der Waals surface area contributed by atoms with Crippen LogP contribution >= 0.6 is 0 Å². The molecule has 0 aromatic rings. The van der Waals surface area contributed by atoms with Crippen LogP contribution in [0.15, 0.2) is 0 Å². The van der Waals surface area contributed by atoms with Crippen molar-refractivity contribution in [2.24, 2.45) is 0 Å². The van der Waals surface area contributed by atoms with Crippen LogP contribution in [-0.4, -0.2) is 78.4 Å². The fraction of sp³-hybridized carbons (Fsp3) is 0.846. The minimum absolute atomic E-state index is 0.0288. The molecule has 0 spiro atoms. The molecule has 1 fully saturated rings. The van der Waals surface area contributed by atoms with Gasteiger partial charge in [-0.3, -0.25) is 14.5 Å². The normalized spacial score (nSPS) is 23.5. The molecule has 1 aliphatic heterocycles. The number of aliphatic carboxylic acids is 1. The van der Waals surface area contributed by atoms with Crippen LogP contribution in [0.4, 0.5) is 0 Å². The maximum Gasteiger partial charge on any atom is 0.304 e. The molecular weight excluding hydrogens is 296 g/mol. The number of hydrogen-bond donors (Lipinski definition) is 1. The predicted molar refractivity (Wildman–Crippen MR) is 78.8 cm³/mol. The number of carbonyl (C=O) groups excluding carboxylic acids is 1. The van der Waals surface area contributed by atoms with E-state index >= 15 is 0 Å². The summed E-state index contributed by atoms with van der Waals surface area (Å²) in [6.07, 6.45) is -0.269. The molecule has 0 aromatic carbocycles. The van der Waals surface area contributed by atoms with Gasteiger partial charge in [-0.2, -0.15) is 0 Å². The van der Waals surface area contributed by atoms with Gasteiger partial charge in [-0.05, 0) is 20.8 Å². The van der Waals surface area contributed by atoms with E-state index in [1.54, 1.807) is 16.7 Å². The lowest BCUT2D eigenvalue weighted by Crippen LogP contribution is -2.57. The number of carboxylic acid groups (broad SMARTS) is 1. The van der Waals surface area contributed by atoms with Crippen molar-refractivity contribution < 1.29 is 23.1 Å². The SMILES string of the molecule is CCN(CC)C(=O)C(C)N1CCS(=O)(=O)CC1CC(=O)O. The number of rotatable bonds is 6. The molecule has 1 aliphatic rings. The lowest BCUT2D eigenvalue weighted by atomic mass is 10.1. The Hall–Kier alpha value is -1.15.